The van der Waals surface area contributed by atoms with Gasteiger partial charge in [-0.2, -0.15) is 0 Å². The van der Waals surface area contributed by atoms with E-state index in [0.29, 0.717) is 6.54 Å². The molecule has 1 aliphatic rings. The highest BCUT2D eigenvalue weighted by Crippen LogP contribution is 2.32. The van der Waals surface area contributed by atoms with E-state index in [0.717, 1.165) is 36.4 Å². The van der Waals surface area contributed by atoms with Gasteiger partial charge in [-0.05, 0) is 36.6 Å². The maximum absolute atomic E-state index is 11.2. The molecule has 0 bridgehead atoms. The van der Waals surface area contributed by atoms with Crippen LogP contribution < -0.4 is 9.64 Å². The van der Waals surface area contributed by atoms with Gasteiger partial charge in [-0.3, -0.25) is 10.1 Å². The Morgan fingerprint density at radius 3 is 2.86 bits per heavy atom. The van der Waals surface area contributed by atoms with Crippen molar-refractivity contribution in [1.82, 2.24) is 0 Å². The molecule has 2 aromatic rings. The van der Waals surface area contributed by atoms with Gasteiger partial charge in [0.2, 0.25) is 0 Å². The molecule has 0 N–H and O–H groups in total. The summed E-state index contributed by atoms with van der Waals surface area (Å²) in [5.41, 5.74) is 3.31. The lowest BCUT2D eigenvalue weighted by atomic mass is 10.0. The zero-order valence-corrected chi connectivity index (χ0v) is 12.5. The van der Waals surface area contributed by atoms with Gasteiger partial charge in [0.05, 0.1) is 12.0 Å². The zero-order valence-electron chi connectivity index (χ0n) is 12.5. The van der Waals surface area contributed by atoms with E-state index in [1.807, 2.05) is 24.3 Å². The fraction of sp³-hybridized carbons (Fsp3) is 0.294. The molecule has 0 aliphatic carbocycles. The Bertz CT molecular complexity index is 700. The van der Waals surface area contributed by atoms with Crippen molar-refractivity contribution < 1.29 is 9.66 Å². The Balaban J connectivity index is 1.91. The molecule has 3 rings (SSSR count). The highest BCUT2D eigenvalue weighted by molar-refractivity contribution is 5.59. The van der Waals surface area contributed by atoms with E-state index in [1.165, 1.54) is 5.56 Å². The summed E-state index contributed by atoms with van der Waals surface area (Å²) in [5, 5.41) is 11.2. The van der Waals surface area contributed by atoms with Crippen LogP contribution in [0.1, 0.15) is 17.5 Å². The third-order valence-corrected chi connectivity index (χ3v) is 4.05. The smallest absolute Gasteiger partial charge is 0.274 e. The number of hydrogen-bond donors (Lipinski definition) is 0. The minimum Gasteiger partial charge on any atom is -0.497 e. The summed E-state index contributed by atoms with van der Waals surface area (Å²) in [5.74, 6) is 0.853. The van der Waals surface area contributed by atoms with Crippen LogP contribution in [0.25, 0.3) is 0 Å². The maximum atomic E-state index is 11.2. The maximum Gasteiger partial charge on any atom is 0.274 e. The second kappa shape index (κ2) is 6.05. The van der Waals surface area contributed by atoms with Gasteiger partial charge >= 0.3 is 0 Å². The molecular formula is C17H18N2O3. The number of benzene rings is 2. The Kier molecular flexibility index (Phi) is 3.96. The van der Waals surface area contributed by atoms with Gasteiger partial charge in [0.15, 0.2) is 0 Å². The predicted octanol–water partition coefficient (Wildman–Crippen LogP) is 3.56. The Labute approximate surface area is 129 Å². The molecule has 1 aliphatic heterocycles. The Hall–Kier alpha value is -2.56. The van der Waals surface area contributed by atoms with Gasteiger partial charge in [-0.15, -0.1) is 0 Å². The Morgan fingerprint density at radius 2 is 2.09 bits per heavy atom. The molecule has 0 amide bonds. The lowest BCUT2D eigenvalue weighted by Crippen LogP contribution is -2.29. The highest BCUT2D eigenvalue weighted by atomic mass is 16.6. The van der Waals surface area contributed by atoms with Crippen molar-refractivity contribution in [3.63, 3.8) is 0 Å². The number of hydrogen-bond acceptors (Lipinski definition) is 4. The van der Waals surface area contributed by atoms with Gasteiger partial charge < -0.3 is 9.64 Å². The average Bonchev–Trinajstić information content (AvgIpc) is 2.55. The van der Waals surface area contributed by atoms with Gasteiger partial charge in [0.1, 0.15) is 5.75 Å². The van der Waals surface area contributed by atoms with Crippen LogP contribution >= 0.6 is 0 Å². The second-order valence-corrected chi connectivity index (χ2v) is 5.41. The van der Waals surface area contributed by atoms with Crippen molar-refractivity contribution in [2.75, 3.05) is 18.6 Å². The summed E-state index contributed by atoms with van der Waals surface area (Å²) in [7, 11) is 1.66. The quantitative estimate of drug-likeness (QED) is 0.640. The van der Waals surface area contributed by atoms with Crippen LogP contribution in [-0.4, -0.2) is 18.6 Å². The van der Waals surface area contributed by atoms with Crippen molar-refractivity contribution >= 4 is 11.4 Å². The van der Waals surface area contributed by atoms with E-state index in [1.54, 1.807) is 19.2 Å². The van der Waals surface area contributed by atoms with E-state index >= 15 is 0 Å². The lowest BCUT2D eigenvalue weighted by Gasteiger charge is -2.31. The van der Waals surface area contributed by atoms with Gasteiger partial charge in [-0.25, -0.2) is 0 Å². The minimum atomic E-state index is -0.311. The fourth-order valence-electron chi connectivity index (χ4n) is 2.97. The first-order chi connectivity index (χ1) is 10.7. The van der Waals surface area contributed by atoms with Crippen molar-refractivity contribution in [1.29, 1.82) is 0 Å². The number of methoxy groups -OCH3 is 1. The van der Waals surface area contributed by atoms with Crippen LogP contribution in [0, 0.1) is 10.1 Å². The molecule has 5 nitrogen and oxygen atoms in total. The first kappa shape index (κ1) is 14.4. The van der Waals surface area contributed by atoms with Crippen molar-refractivity contribution in [2.24, 2.45) is 0 Å². The van der Waals surface area contributed by atoms with Crippen LogP contribution in [0.3, 0.4) is 0 Å². The van der Waals surface area contributed by atoms with Crippen molar-refractivity contribution in [3.05, 3.63) is 63.7 Å². The third-order valence-electron chi connectivity index (χ3n) is 4.05. The van der Waals surface area contributed by atoms with Crippen LogP contribution in [0.15, 0.2) is 42.5 Å². The van der Waals surface area contributed by atoms with E-state index in [9.17, 15) is 10.1 Å². The highest BCUT2D eigenvalue weighted by Gasteiger charge is 2.21. The number of nitro groups is 1. The first-order valence-corrected chi connectivity index (χ1v) is 7.33. The van der Waals surface area contributed by atoms with Crippen LogP contribution in [0.5, 0.6) is 5.75 Å². The standard InChI is InChI=1S/C17H18N2O3/c1-22-15-8-9-16-13(11-15)6-4-10-18(16)12-14-5-2-3-7-17(14)19(20)21/h2-3,5,7-9,11H,4,6,10,12H2,1H3. The summed E-state index contributed by atoms with van der Waals surface area (Å²) in [6.45, 7) is 1.46. The van der Waals surface area contributed by atoms with Crippen LogP contribution in [0.4, 0.5) is 11.4 Å². The summed E-state index contributed by atoms with van der Waals surface area (Å²) < 4.78 is 5.28. The molecule has 0 radical (unpaired) electrons. The molecule has 0 saturated carbocycles. The molecule has 2 aromatic carbocycles. The second-order valence-electron chi connectivity index (χ2n) is 5.41. The molecular weight excluding hydrogens is 280 g/mol. The predicted molar refractivity (Wildman–Crippen MR) is 85.5 cm³/mol. The number of ether oxygens (including phenoxy) is 1. The number of fused-ring (bicyclic) bond motifs is 1. The molecule has 22 heavy (non-hydrogen) atoms. The topological polar surface area (TPSA) is 55.6 Å². The van der Waals surface area contributed by atoms with E-state index < -0.39 is 0 Å². The SMILES string of the molecule is COc1ccc2c(c1)CCCN2Cc1ccccc1[N+](=O)[O-]. The lowest BCUT2D eigenvalue weighted by molar-refractivity contribution is -0.385. The fourth-order valence-corrected chi connectivity index (χ4v) is 2.97. The summed E-state index contributed by atoms with van der Waals surface area (Å²) in [6.07, 6.45) is 2.06. The Morgan fingerprint density at radius 1 is 1.27 bits per heavy atom. The number of nitrogens with zero attached hydrogens (tertiary/aromatic N) is 2. The van der Waals surface area contributed by atoms with Crippen molar-refractivity contribution in [2.45, 2.75) is 19.4 Å². The van der Waals surface area contributed by atoms with Gasteiger partial charge in [-0.1, -0.05) is 18.2 Å². The molecule has 5 heteroatoms. The average molecular weight is 298 g/mol. The largest absolute Gasteiger partial charge is 0.497 e. The number of aryl methyl sites for hydroxylation is 1. The third kappa shape index (κ3) is 2.74. The minimum absolute atomic E-state index is 0.183. The first-order valence-electron chi connectivity index (χ1n) is 7.33. The number of para-hydroxylation sites is 1. The van der Waals surface area contributed by atoms with Crippen LogP contribution in [-0.2, 0) is 13.0 Å². The number of rotatable bonds is 4. The molecule has 0 unspecified atom stereocenters. The number of anilines is 1. The normalized spacial score (nSPS) is 13.6. The van der Waals surface area contributed by atoms with Crippen LogP contribution in [0.2, 0.25) is 0 Å². The van der Waals surface area contributed by atoms with E-state index in [-0.39, 0.29) is 10.6 Å². The molecule has 0 spiro atoms. The molecule has 114 valence electrons. The van der Waals surface area contributed by atoms with Crippen molar-refractivity contribution in [3.8, 4) is 5.75 Å². The van der Waals surface area contributed by atoms with E-state index in [4.69, 9.17) is 4.74 Å². The summed E-state index contributed by atoms with van der Waals surface area (Å²) in [6, 6.07) is 13.0. The zero-order chi connectivity index (χ0) is 15.5. The van der Waals surface area contributed by atoms with Gasteiger partial charge in [0.25, 0.3) is 5.69 Å². The molecule has 1 heterocycles. The summed E-state index contributed by atoms with van der Waals surface area (Å²) in [4.78, 5) is 13.1. The number of nitro benzene ring substituents is 1. The monoisotopic (exact) mass is 298 g/mol. The molecule has 0 saturated heterocycles. The summed E-state index contributed by atoms with van der Waals surface area (Å²) >= 11 is 0. The van der Waals surface area contributed by atoms with E-state index in [2.05, 4.69) is 11.0 Å². The molecule has 0 fully saturated rings. The molecule has 0 aromatic heterocycles. The van der Waals surface area contributed by atoms with Gasteiger partial charge in [0, 0.05) is 30.4 Å². The molecule has 0 atom stereocenters.